The molecule has 2 aromatic rings. The third-order valence-electron chi connectivity index (χ3n) is 4.82. The average Bonchev–Trinajstić information content (AvgIpc) is 3.28. The number of ether oxygens (including phenoxy) is 3. The number of esters is 1. The Hall–Kier alpha value is -3.03. The molecule has 0 saturated carbocycles. The van der Waals surface area contributed by atoms with Gasteiger partial charge in [0.05, 0.1) is 12.2 Å². The number of rotatable bonds is 5. The van der Waals surface area contributed by atoms with Crippen LogP contribution < -0.4 is 0 Å². The van der Waals surface area contributed by atoms with Crippen molar-refractivity contribution >= 4 is 23.1 Å². The molecule has 0 bridgehead atoms. The molecule has 0 spiro atoms. The van der Waals surface area contributed by atoms with Crippen LogP contribution in [0.4, 0.5) is 0 Å². The van der Waals surface area contributed by atoms with Crippen LogP contribution in [0.1, 0.15) is 58.1 Å². The van der Waals surface area contributed by atoms with E-state index < -0.39 is 24.0 Å². The smallest absolute Gasteiger partial charge is 0.313 e. The lowest BCUT2D eigenvalue weighted by molar-refractivity contribution is -0.157. The first-order chi connectivity index (χ1) is 13.7. The van der Waals surface area contributed by atoms with E-state index in [0.29, 0.717) is 23.3 Å². The quantitative estimate of drug-likeness (QED) is 0.372. The van der Waals surface area contributed by atoms with Gasteiger partial charge in [0.25, 0.3) is 0 Å². The van der Waals surface area contributed by atoms with Gasteiger partial charge in [0.2, 0.25) is 5.78 Å². The summed E-state index contributed by atoms with van der Waals surface area (Å²) in [6.45, 7) is 7.82. The first-order valence-electron chi connectivity index (χ1n) is 9.23. The predicted octanol–water partition coefficient (Wildman–Crippen LogP) is 3.15. The van der Waals surface area contributed by atoms with E-state index in [0.717, 1.165) is 0 Å². The van der Waals surface area contributed by atoms with Crippen LogP contribution in [0.3, 0.4) is 0 Å². The molecule has 1 aliphatic heterocycles. The van der Waals surface area contributed by atoms with Crippen LogP contribution >= 0.6 is 0 Å². The highest BCUT2D eigenvalue weighted by molar-refractivity contribution is 6.19. The summed E-state index contributed by atoms with van der Waals surface area (Å²) in [5.41, 5.74) is 1.97. The normalized spacial score (nSPS) is 19.6. The molecular weight excluding hydrogens is 376 g/mol. The maximum atomic E-state index is 12.7. The zero-order valence-corrected chi connectivity index (χ0v) is 16.2. The Labute approximate surface area is 167 Å². The molecule has 0 amide bonds. The van der Waals surface area contributed by atoms with Gasteiger partial charge in [-0.05, 0) is 25.5 Å². The fraction of sp³-hybridized carbons (Fsp3) is 0.318. The van der Waals surface area contributed by atoms with Gasteiger partial charge in [-0.25, -0.2) is 0 Å². The second-order valence-corrected chi connectivity index (χ2v) is 7.44. The van der Waals surface area contributed by atoms with Gasteiger partial charge in [-0.3, -0.25) is 14.4 Å². The predicted molar refractivity (Wildman–Crippen MR) is 102 cm³/mol. The number of benzene rings is 1. The number of ketones is 2. The van der Waals surface area contributed by atoms with E-state index in [2.05, 4.69) is 6.58 Å². The van der Waals surface area contributed by atoms with Crippen LogP contribution in [0.25, 0.3) is 5.57 Å². The Morgan fingerprint density at radius 1 is 1.21 bits per heavy atom. The lowest BCUT2D eigenvalue weighted by Crippen LogP contribution is -2.25. The topological polar surface area (TPSA) is 92.0 Å². The van der Waals surface area contributed by atoms with Crippen molar-refractivity contribution in [3.05, 3.63) is 65.1 Å². The number of hydrogen-bond donors (Lipinski definition) is 0. The summed E-state index contributed by atoms with van der Waals surface area (Å²) in [5.74, 6) is -2.05. The summed E-state index contributed by atoms with van der Waals surface area (Å²) in [6.07, 6.45) is -0.879. The van der Waals surface area contributed by atoms with Crippen molar-refractivity contribution < 1.29 is 33.0 Å². The summed E-state index contributed by atoms with van der Waals surface area (Å²) in [7, 11) is 0. The van der Waals surface area contributed by atoms with Gasteiger partial charge in [-0.15, -0.1) is 0 Å². The fourth-order valence-corrected chi connectivity index (χ4v) is 3.43. The molecule has 7 heteroatoms. The number of hydrogen-bond acceptors (Lipinski definition) is 7. The minimum absolute atomic E-state index is 0.00516. The maximum Gasteiger partial charge on any atom is 0.313 e. The third kappa shape index (κ3) is 3.66. The third-order valence-corrected chi connectivity index (χ3v) is 4.82. The van der Waals surface area contributed by atoms with E-state index in [1.54, 1.807) is 38.1 Å². The molecule has 1 unspecified atom stereocenters. The molecule has 7 nitrogen and oxygen atoms in total. The van der Waals surface area contributed by atoms with E-state index >= 15 is 0 Å². The van der Waals surface area contributed by atoms with Crippen molar-refractivity contribution in [2.75, 3.05) is 13.2 Å². The highest BCUT2D eigenvalue weighted by Crippen LogP contribution is 2.36. The fourth-order valence-electron chi connectivity index (χ4n) is 3.43. The van der Waals surface area contributed by atoms with Crippen LogP contribution in [-0.4, -0.2) is 42.6 Å². The largest absolute Gasteiger partial charge is 0.462 e. The van der Waals surface area contributed by atoms with Crippen molar-refractivity contribution in [2.24, 2.45) is 0 Å². The lowest BCUT2D eigenvalue weighted by atomic mass is 9.86. The summed E-state index contributed by atoms with van der Waals surface area (Å²) in [6, 6.07) is 8.40. The monoisotopic (exact) mass is 396 g/mol. The zero-order valence-electron chi connectivity index (χ0n) is 16.2. The van der Waals surface area contributed by atoms with Gasteiger partial charge in [0.1, 0.15) is 24.9 Å². The molecule has 29 heavy (non-hydrogen) atoms. The molecule has 2 aliphatic rings. The van der Waals surface area contributed by atoms with Crippen molar-refractivity contribution in [1.82, 2.24) is 0 Å². The average molecular weight is 396 g/mol. The van der Waals surface area contributed by atoms with Crippen LogP contribution in [-0.2, 0) is 19.0 Å². The Bertz CT molecular complexity index is 975. The molecule has 1 aromatic carbocycles. The summed E-state index contributed by atoms with van der Waals surface area (Å²) in [4.78, 5) is 37.2. The molecule has 1 aromatic heterocycles. The molecule has 150 valence electrons. The Balaban J connectivity index is 1.42. The molecule has 1 atom stereocenters. The van der Waals surface area contributed by atoms with Gasteiger partial charge in [-0.2, -0.15) is 0 Å². The van der Waals surface area contributed by atoms with E-state index in [-0.39, 0.29) is 35.6 Å². The highest BCUT2D eigenvalue weighted by Gasteiger charge is 2.34. The summed E-state index contributed by atoms with van der Waals surface area (Å²) in [5, 5.41) is 0. The van der Waals surface area contributed by atoms with Gasteiger partial charge < -0.3 is 18.6 Å². The molecule has 1 fully saturated rings. The van der Waals surface area contributed by atoms with Gasteiger partial charge in [0.15, 0.2) is 17.3 Å². The minimum atomic E-state index is -0.716. The molecule has 0 radical (unpaired) electrons. The van der Waals surface area contributed by atoms with E-state index in [1.807, 2.05) is 0 Å². The lowest BCUT2D eigenvalue weighted by Gasteiger charge is -2.16. The molecule has 1 saturated heterocycles. The van der Waals surface area contributed by atoms with Gasteiger partial charge in [-0.1, -0.05) is 30.8 Å². The Morgan fingerprint density at radius 2 is 1.93 bits per heavy atom. The number of carbonyl (C=O) groups is 3. The maximum absolute atomic E-state index is 12.7. The summed E-state index contributed by atoms with van der Waals surface area (Å²) < 4.78 is 21.6. The van der Waals surface area contributed by atoms with Crippen molar-refractivity contribution in [3.63, 3.8) is 0 Å². The van der Waals surface area contributed by atoms with E-state index in [9.17, 15) is 14.4 Å². The van der Waals surface area contributed by atoms with Gasteiger partial charge >= 0.3 is 5.97 Å². The van der Waals surface area contributed by atoms with Gasteiger partial charge in [0, 0.05) is 11.1 Å². The zero-order chi connectivity index (χ0) is 20.8. The minimum Gasteiger partial charge on any atom is -0.462 e. The highest BCUT2D eigenvalue weighted by atomic mass is 16.7. The number of carbonyl (C=O) groups excluding carboxylic acids is 3. The van der Waals surface area contributed by atoms with Crippen molar-refractivity contribution in [1.29, 1.82) is 0 Å². The van der Waals surface area contributed by atoms with Crippen molar-refractivity contribution in [3.8, 4) is 0 Å². The number of furan rings is 1. The Morgan fingerprint density at radius 3 is 2.62 bits per heavy atom. The second-order valence-electron chi connectivity index (χ2n) is 7.44. The van der Waals surface area contributed by atoms with Crippen molar-refractivity contribution in [2.45, 2.75) is 32.2 Å². The molecule has 2 heterocycles. The summed E-state index contributed by atoms with van der Waals surface area (Å²) >= 11 is 0. The first kappa shape index (κ1) is 19.3. The van der Waals surface area contributed by atoms with Crippen LogP contribution in [0.5, 0.6) is 0 Å². The SMILES string of the molecule is C=C1c2ccccc2C(=O)c2cc(C(=O)CC(=O)OCC3COC(C)(C)O3)oc21. The van der Waals surface area contributed by atoms with Crippen LogP contribution in [0.2, 0.25) is 0 Å². The van der Waals surface area contributed by atoms with E-state index in [1.165, 1.54) is 6.07 Å². The Kier molecular flexibility index (Phi) is 4.72. The van der Waals surface area contributed by atoms with Crippen LogP contribution in [0, 0.1) is 0 Å². The van der Waals surface area contributed by atoms with E-state index in [4.69, 9.17) is 18.6 Å². The molecular formula is C22H20O7. The first-order valence-corrected chi connectivity index (χ1v) is 9.23. The second kappa shape index (κ2) is 7.09. The number of fused-ring (bicyclic) bond motifs is 2. The number of Topliss-reactive ketones (excluding diaryl/α,β-unsaturated/α-hetero) is 1. The molecule has 0 N–H and O–H groups in total. The molecule has 1 aliphatic carbocycles. The molecule has 4 rings (SSSR count). The van der Waals surface area contributed by atoms with Crippen LogP contribution in [0.15, 0.2) is 41.3 Å². The standard InChI is InChI=1S/C22H20O7/c1-12-14-6-4-5-7-15(14)20(25)16-8-18(28-21(12)16)17(23)9-19(24)26-10-13-11-27-22(2,3)29-13/h4-8,13H,1,9-11H2,2-3H3.